The highest BCUT2D eigenvalue weighted by molar-refractivity contribution is 5.71. The zero-order valence-corrected chi connectivity index (χ0v) is 48.5. The van der Waals surface area contributed by atoms with E-state index in [1.807, 2.05) is 0 Å². The number of hydrogen-bond donors (Lipinski definition) is 0. The van der Waals surface area contributed by atoms with Crippen molar-refractivity contribution in [1.29, 1.82) is 0 Å². The molecule has 0 aliphatic carbocycles. The van der Waals surface area contributed by atoms with E-state index in [-0.39, 0.29) is 37.5 Å². The first kappa shape index (κ1) is 70.5. The van der Waals surface area contributed by atoms with Crippen molar-refractivity contribution < 1.29 is 28.6 Å². The largest absolute Gasteiger partial charge is 0.462 e. The predicted octanol–water partition coefficient (Wildman–Crippen LogP) is 21.0. The number of carbonyl (C=O) groups is 3. The standard InChI is InChI=1S/C69H112O6/c1-4-7-10-13-16-19-22-25-28-29-30-31-32-33-34-35-36-37-38-39-42-44-47-50-53-56-59-62-68(71)74-65-66(75-69(72)63-60-57-54-51-48-45-41-27-24-21-18-15-12-9-6-3)64-73-67(70)61-58-55-52-49-46-43-40-26-23-20-17-14-11-8-5-2/h7,9-10,12,16,18-19,21,25-28,30-31,33-34,36-37,40-41,48,51,66H,4-6,8,11,13-15,17,20,22-24,29,32,35,38-39,42-47,49-50,52-65H2,1-3H3/b10-7-,12-9-,19-16-,21-18-,28-25-,31-30-,34-33-,37-36-,40-26-,41-27-,51-48-. The topological polar surface area (TPSA) is 78.9 Å². The van der Waals surface area contributed by atoms with Crippen LogP contribution in [0.1, 0.15) is 265 Å². The van der Waals surface area contributed by atoms with Crippen LogP contribution in [0.25, 0.3) is 0 Å². The van der Waals surface area contributed by atoms with Gasteiger partial charge in [0.05, 0.1) is 0 Å². The summed E-state index contributed by atoms with van der Waals surface area (Å²) < 4.78 is 16.8. The number of carbonyl (C=O) groups excluding carboxylic acids is 3. The van der Waals surface area contributed by atoms with Crippen molar-refractivity contribution >= 4 is 17.9 Å². The average molecular weight is 1040 g/mol. The van der Waals surface area contributed by atoms with Crippen molar-refractivity contribution in [2.24, 2.45) is 0 Å². The monoisotopic (exact) mass is 1040 g/mol. The molecule has 6 heteroatoms. The molecular formula is C69H112O6. The van der Waals surface area contributed by atoms with Gasteiger partial charge in [-0.2, -0.15) is 0 Å². The minimum absolute atomic E-state index is 0.105. The fraction of sp³-hybridized carbons (Fsp3) is 0.638. The van der Waals surface area contributed by atoms with E-state index < -0.39 is 6.10 Å². The molecule has 0 rings (SSSR count). The maximum atomic E-state index is 12.9. The number of hydrogen-bond acceptors (Lipinski definition) is 6. The zero-order chi connectivity index (χ0) is 54.3. The van der Waals surface area contributed by atoms with Gasteiger partial charge < -0.3 is 14.2 Å². The van der Waals surface area contributed by atoms with E-state index in [0.717, 1.165) is 135 Å². The van der Waals surface area contributed by atoms with E-state index in [2.05, 4.69) is 154 Å². The Labute approximate surface area is 462 Å². The summed E-state index contributed by atoms with van der Waals surface area (Å²) in [6.07, 6.45) is 87.4. The average Bonchev–Trinajstić information content (AvgIpc) is 3.41. The normalized spacial score (nSPS) is 13.1. The number of ether oxygens (including phenoxy) is 3. The Bertz CT molecular complexity index is 1620. The molecular weight excluding hydrogens is 925 g/mol. The Hall–Kier alpha value is -4.45. The molecule has 0 aliphatic heterocycles. The third kappa shape index (κ3) is 60.3. The molecule has 1 atom stereocenters. The van der Waals surface area contributed by atoms with Gasteiger partial charge in [-0.3, -0.25) is 14.4 Å². The predicted molar refractivity (Wildman–Crippen MR) is 325 cm³/mol. The van der Waals surface area contributed by atoms with Crippen LogP contribution in [0.4, 0.5) is 0 Å². The minimum Gasteiger partial charge on any atom is -0.462 e. The van der Waals surface area contributed by atoms with Crippen molar-refractivity contribution in [3.63, 3.8) is 0 Å². The van der Waals surface area contributed by atoms with Gasteiger partial charge in [-0.15, -0.1) is 0 Å². The van der Waals surface area contributed by atoms with Crippen molar-refractivity contribution in [3.05, 3.63) is 134 Å². The van der Waals surface area contributed by atoms with Crippen molar-refractivity contribution in [2.75, 3.05) is 13.2 Å². The Balaban J connectivity index is 4.40. The van der Waals surface area contributed by atoms with Gasteiger partial charge in [-0.05, 0) is 135 Å². The molecule has 0 spiro atoms. The molecule has 0 fully saturated rings. The third-order valence-corrected chi connectivity index (χ3v) is 12.6. The number of unbranched alkanes of at least 4 members (excludes halogenated alkanes) is 21. The van der Waals surface area contributed by atoms with Crippen LogP contribution in [0, 0.1) is 0 Å². The van der Waals surface area contributed by atoms with Crippen LogP contribution in [-0.2, 0) is 28.6 Å². The van der Waals surface area contributed by atoms with Crippen LogP contribution in [0.3, 0.4) is 0 Å². The molecule has 0 saturated heterocycles. The summed E-state index contributed by atoms with van der Waals surface area (Å²) in [5.41, 5.74) is 0. The SMILES string of the molecule is CC/C=C\C/C=C\C/C=C\C/C=C\C/C=C\C/C=C\CCCCCCCCCCC(=O)OCC(COC(=O)CCCCCCC/C=C\CCCCCCCC)OC(=O)CCCC/C=C\C/C=C\C/C=C\C/C=C\CC. The van der Waals surface area contributed by atoms with Gasteiger partial charge in [-0.25, -0.2) is 0 Å². The third-order valence-electron chi connectivity index (χ3n) is 12.6. The van der Waals surface area contributed by atoms with E-state index in [1.54, 1.807) is 0 Å². The molecule has 0 amide bonds. The van der Waals surface area contributed by atoms with Crippen LogP contribution in [0.2, 0.25) is 0 Å². The highest BCUT2D eigenvalue weighted by Gasteiger charge is 2.19. The van der Waals surface area contributed by atoms with E-state index in [9.17, 15) is 14.4 Å². The summed E-state index contributed by atoms with van der Waals surface area (Å²) in [5.74, 6) is -0.964. The minimum atomic E-state index is -0.812. The smallest absolute Gasteiger partial charge is 0.306 e. The Morgan fingerprint density at radius 3 is 0.853 bits per heavy atom. The molecule has 0 N–H and O–H groups in total. The molecule has 0 radical (unpaired) electrons. The molecule has 0 saturated carbocycles. The maximum Gasteiger partial charge on any atom is 0.306 e. The molecule has 0 aromatic heterocycles. The Morgan fingerprint density at radius 1 is 0.280 bits per heavy atom. The summed E-state index contributed by atoms with van der Waals surface area (Å²) in [7, 11) is 0. The van der Waals surface area contributed by atoms with Gasteiger partial charge in [-0.1, -0.05) is 244 Å². The fourth-order valence-corrected chi connectivity index (χ4v) is 8.08. The first-order valence-electron chi connectivity index (χ1n) is 30.7. The van der Waals surface area contributed by atoms with Crippen molar-refractivity contribution in [1.82, 2.24) is 0 Å². The van der Waals surface area contributed by atoms with E-state index in [0.29, 0.717) is 19.3 Å². The van der Waals surface area contributed by atoms with Gasteiger partial charge in [0.2, 0.25) is 0 Å². The Morgan fingerprint density at radius 2 is 0.520 bits per heavy atom. The van der Waals surface area contributed by atoms with Gasteiger partial charge in [0.1, 0.15) is 13.2 Å². The maximum absolute atomic E-state index is 12.9. The summed E-state index contributed by atoms with van der Waals surface area (Å²) in [6, 6.07) is 0. The number of rotatable bonds is 54. The van der Waals surface area contributed by atoms with Crippen LogP contribution in [-0.4, -0.2) is 37.2 Å². The summed E-state index contributed by atoms with van der Waals surface area (Å²) in [4.78, 5) is 38.2. The van der Waals surface area contributed by atoms with Crippen LogP contribution < -0.4 is 0 Å². The van der Waals surface area contributed by atoms with E-state index in [4.69, 9.17) is 14.2 Å². The van der Waals surface area contributed by atoms with Crippen molar-refractivity contribution in [2.45, 2.75) is 271 Å². The summed E-state index contributed by atoms with van der Waals surface area (Å²) in [6.45, 7) is 6.36. The van der Waals surface area contributed by atoms with E-state index in [1.165, 1.54) is 83.5 Å². The molecule has 424 valence electrons. The van der Waals surface area contributed by atoms with Crippen LogP contribution >= 0.6 is 0 Å². The van der Waals surface area contributed by atoms with Gasteiger partial charge in [0.25, 0.3) is 0 Å². The van der Waals surface area contributed by atoms with Gasteiger partial charge in [0.15, 0.2) is 6.10 Å². The first-order valence-corrected chi connectivity index (χ1v) is 30.7. The lowest BCUT2D eigenvalue weighted by Gasteiger charge is -2.18. The fourth-order valence-electron chi connectivity index (χ4n) is 8.08. The molecule has 0 heterocycles. The second-order valence-electron chi connectivity index (χ2n) is 19.8. The summed E-state index contributed by atoms with van der Waals surface area (Å²) in [5, 5.41) is 0. The molecule has 0 aromatic carbocycles. The van der Waals surface area contributed by atoms with Crippen molar-refractivity contribution in [3.8, 4) is 0 Å². The van der Waals surface area contributed by atoms with Gasteiger partial charge >= 0.3 is 17.9 Å². The summed E-state index contributed by atoms with van der Waals surface area (Å²) >= 11 is 0. The zero-order valence-electron chi connectivity index (χ0n) is 48.5. The number of allylic oxidation sites excluding steroid dienone is 22. The molecule has 0 bridgehead atoms. The number of esters is 3. The Kier molecular flexibility index (Phi) is 58.4. The quantitative estimate of drug-likeness (QED) is 0.0261. The van der Waals surface area contributed by atoms with Crippen LogP contribution in [0.5, 0.6) is 0 Å². The van der Waals surface area contributed by atoms with Crippen LogP contribution in [0.15, 0.2) is 134 Å². The van der Waals surface area contributed by atoms with E-state index >= 15 is 0 Å². The highest BCUT2D eigenvalue weighted by atomic mass is 16.6. The van der Waals surface area contributed by atoms with Gasteiger partial charge in [0, 0.05) is 19.3 Å². The molecule has 1 unspecified atom stereocenters. The molecule has 0 aromatic rings. The lowest BCUT2D eigenvalue weighted by molar-refractivity contribution is -0.167. The lowest BCUT2D eigenvalue weighted by atomic mass is 10.1. The first-order chi connectivity index (χ1) is 37.0. The lowest BCUT2D eigenvalue weighted by Crippen LogP contribution is -2.30. The second-order valence-corrected chi connectivity index (χ2v) is 19.8. The molecule has 75 heavy (non-hydrogen) atoms. The molecule has 6 nitrogen and oxygen atoms in total. The second kappa shape index (κ2) is 62.1. The highest BCUT2D eigenvalue weighted by Crippen LogP contribution is 2.14. The molecule has 0 aliphatic rings.